The molecule has 118 valence electrons. The van der Waals surface area contributed by atoms with Crippen molar-refractivity contribution in [2.24, 2.45) is 11.8 Å². The summed E-state index contributed by atoms with van der Waals surface area (Å²) in [5.41, 5.74) is 0. The smallest absolute Gasteiger partial charge is 0.222 e. The Balaban J connectivity index is 1.67. The van der Waals surface area contributed by atoms with Gasteiger partial charge in [0.2, 0.25) is 5.91 Å². The number of amides is 1. The van der Waals surface area contributed by atoms with Crippen molar-refractivity contribution in [3.8, 4) is 12.3 Å². The van der Waals surface area contributed by atoms with E-state index in [9.17, 15) is 4.79 Å². The van der Waals surface area contributed by atoms with Gasteiger partial charge in [0.1, 0.15) is 6.61 Å². The van der Waals surface area contributed by atoms with Crippen LogP contribution in [0, 0.1) is 24.2 Å². The van der Waals surface area contributed by atoms with Gasteiger partial charge in [-0.05, 0) is 31.1 Å². The molecule has 2 rings (SSSR count). The highest BCUT2D eigenvalue weighted by atomic mass is 16.5. The van der Waals surface area contributed by atoms with Gasteiger partial charge in [-0.1, -0.05) is 38.0 Å². The largest absolute Gasteiger partial charge is 0.368 e. The second-order valence-electron chi connectivity index (χ2n) is 6.61. The van der Waals surface area contributed by atoms with Crippen LogP contribution in [0.25, 0.3) is 0 Å². The third kappa shape index (κ3) is 5.71. The number of terminal acetylenes is 1. The van der Waals surface area contributed by atoms with E-state index >= 15 is 0 Å². The van der Waals surface area contributed by atoms with E-state index in [4.69, 9.17) is 11.2 Å². The lowest BCUT2D eigenvalue weighted by Gasteiger charge is -2.33. The summed E-state index contributed by atoms with van der Waals surface area (Å²) < 4.78 is 5.43. The maximum atomic E-state index is 12.4. The van der Waals surface area contributed by atoms with Crippen molar-refractivity contribution in [3.63, 3.8) is 0 Å². The predicted molar refractivity (Wildman–Crippen MR) is 84.8 cm³/mol. The van der Waals surface area contributed by atoms with Gasteiger partial charge in [-0.25, -0.2) is 0 Å². The van der Waals surface area contributed by atoms with Crippen LogP contribution in [0.5, 0.6) is 0 Å². The average Bonchev–Trinajstić information content (AvgIpc) is 2.54. The van der Waals surface area contributed by atoms with E-state index in [1.54, 1.807) is 0 Å². The second kappa shape index (κ2) is 9.10. The van der Waals surface area contributed by atoms with Crippen molar-refractivity contribution in [1.29, 1.82) is 0 Å². The number of nitrogens with zero attached hydrogens (tertiary/aromatic N) is 1. The molecule has 0 N–H and O–H groups in total. The van der Waals surface area contributed by atoms with Gasteiger partial charge >= 0.3 is 0 Å². The standard InChI is InChI=1S/C18H29NO2/c1-2-13-21-15-17-9-6-12-19(14-17)18(20)11-10-16-7-4-3-5-8-16/h1,16-17H,3-15H2. The number of hydrogen-bond acceptors (Lipinski definition) is 2. The molecule has 21 heavy (non-hydrogen) atoms. The summed E-state index contributed by atoms with van der Waals surface area (Å²) >= 11 is 0. The number of ether oxygens (including phenoxy) is 1. The van der Waals surface area contributed by atoms with Crippen molar-refractivity contribution in [2.45, 2.75) is 57.8 Å². The fourth-order valence-electron chi connectivity index (χ4n) is 3.67. The molecule has 3 nitrogen and oxygen atoms in total. The van der Waals surface area contributed by atoms with Gasteiger partial charge in [0.25, 0.3) is 0 Å². The lowest BCUT2D eigenvalue weighted by Crippen LogP contribution is -2.41. The Morgan fingerprint density at radius 2 is 1.90 bits per heavy atom. The van der Waals surface area contributed by atoms with Crippen molar-refractivity contribution in [2.75, 3.05) is 26.3 Å². The fraction of sp³-hybridized carbons (Fsp3) is 0.833. The topological polar surface area (TPSA) is 29.5 Å². The van der Waals surface area contributed by atoms with E-state index in [2.05, 4.69) is 10.8 Å². The Morgan fingerprint density at radius 3 is 2.67 bits per heavy atom. The zero-order chi connectivity index (χ0) is 14.9. The van der Waals surface area contributed by atoms with Crippen molar-refractivity contribution < 1.29 is 9.53 Å². The molecule has 1 amide bonds. The minimum absolute atomic E-state index is 0.349. The molecule has 3 heteroatoms. The molecular weight excluding hydrogens is 262 g/mol. The average molecular weight is 291 g/mol. The summed E-state index contributed by atoms with van der Waals surface area (Å²) in [6.07, 6.45) is 16.0. The summed E-state index contributed by atoms with van der Waals surface area (Å²) in [5, 5.41) is 0. The summed E-state index contributed by atoms with van der Waals surface area (Å²) in [7, 11) is 0. The molecule has 1 atom stereocenters. The highest BCUT2D eigenvalue weighted by Gasteiger charge is 2.24. The molecule has 2 fully saturated rings. The van der Waals surface area contributed by atoms with E-state index in [-0.39, 0.29) is 0 Å². The first kappa shape index (κ1) is 16.4. The Labute approximate surface area is 129 Å². The maximum absolute atomic E-state index is 12.4. The van der Waals surface area contributed by atoms with Gasteiger partial charge in [-0.3, -0.25) is 4.79 Å². The molecular formula is C18H29NO2. The number of piperidine rings is 1. The molecule has 0 aromatic carbocycles. The lowest BCUT2D eigenvalue weighted by molar-refractivity contribution is -0.133. The molecule has 0 aromatic heterocycles. The minimum atomic E-state index is 0.349. The SMILES string of the molecule is C#CCOCC1CCCN(C(=O)CCC2CCCCC2)C1. The first-order valence-corrected chi connectivity index (χ1v) is 8.58. The Morgan fingerprint density at radius 1 is 1.14 bits per heavy atom. The van der Waals surface area contributed by atoms with Gasteiger partial charge in [-0.15, -0.1) is 6.42 Å². The Kier molecular flexibility index (Phi) is 7.09. The van der Waals surface area contributed by atoms with E-state index in [0.29, 0.717) is 25.0 Å². The maximum Gasteiger partial charge on any atom is 0.222 e. The van der Waals surface area contributed by atoms with Gasteiger partial charge in [0.05, 0.1) is 6.61 Å². The van der Waals surface area contributed by atoms with E-state index < -0.39 is 0 Å². The van der Waals surface area contributed by atoms with Crippen LogP contribution in [0.2, 0.25) is 0 Å². The molecule has 1 heterocycles. The molecule has 0 aromatic rings. The quantitative estimate of drug-likeness (QED) is 0.555. The summed E-state index contributed by atoms with van der Waals surface area (Å²) in [6, 6.07) is 0. The molecule has 1 aliphatic carbocycles. The van der Waals surface area contributed by atoms with Crippen LogP contribution in [-0.4, -0.2) is 37.1 Å². The molecule has 1 saturated carbocycles. The van der Waals surface area contributed by atoms with Crippen LogP contribution in [0.15, 0.2) is 0 Å². The lowest BCUT2D eigenvalue weighted by atomic mass is 9.86. The summed E-state index contributed by atoms with van der Waals surface area (Å²) in [4.78, 5) is 14.4. The van der Waals surface area contributed by atoms with Gasteiger partial charge in [0.15, 0.2) is 0 Å². The third-order valence-electron chi connectivity index (χ3n) is 4.90. The van der Waals surface area contributed by atoms with Crippen molar-refractivity contribution >= 4 is 5.91 Å². The minimum Gasteiger partial charge on any atom is -0.368 e. The number of rotatable bonds is 6. The molecule has 0 spiro atoms. The molecule has 0 radical (unpaired) electrons. The van der Waals surface area contributed by atoms with Crippen molar-refractivity contribution in [1.82, 2.24) is 4.90 Å². The third-order valence-corrected chi connectivity index (χ3v) is 4.90. The van der Waals surface area contributed by atoms with E-state index in [0.717, 1.165) is 44.7 Å². The highest BCUT2D eigenvalue weighted by Crippen LogP contribution is 2.28. The van der Waals surface area contributed by atoms with Crippen LogP contribution in [0.4, 0.5) is 0 Å². The van der Waals surface area contributed by atoms with Crippen LogP contribution in [0.1, 0.15) is 57.8 Å². The first-order chi connectivity index (χ1) is 10.3. The zero-order valence-corrected chi connectivity index (χ0v) is 13.2. The summed E-state index contributed by atoms with van der Waals surface area (Å²) in [6.45, 7) is 2.85. The van der Waals surface area contributed by atoms with Gasteiger partial charge in [-0.2, -0.15) is 0 Å². The van der Waals surface area contributed by atoms with Gasteiger partial charge in [0, 0.05) is 19.5 Å². The van der Waals surface area contributed by atoms with E-state index in [1.807, 2.05) is 0 Å². The number of carbonyl (C=O) groups excluding carboxylic acids is 1. The second-order valence-corrected chi connectivity index (χ2v) is 6.61. The van der Waals surface area contributed by atoms with Gasteiger partial charge < -0.3 is 9.64 Å². The Hall–Kier alpha value is -1.01. The fourth-order valence-corrected chi connectivity index (χ4v) is 3.67. The molecule has 0 bridgehead atoms. The van der Waals surface area contributed by atoms with Crippen LogP contribution in [-0.2, 0) is 9.53 Å². The zero-order valence-electron chi connectivity index (χ0n) is 13.2. The van der Waals surface area contributed by atoms with Crippen molar-refractivity contribution in [3.05, 3.63) is 0 Å². The number of hydrogen-bond donors (Lipinski definition) is 0. The Bertz CT molecular complexity index is 355. The van der Waals surface area contributed by atoms with Crippen LogP contribution in [0.3, 0.4) is 0 Å². The predicted octanol–water partition coefficient (Wildman–Crippen LogP) is 3.24. The van der Waals surface area contributed by atoms with Crippen LogP contribution < -0.4 is 0 Å². The van der Waals surface area contributed by atoms with E-state index in [1.165, 1.54) is 32.1 Å². The summed E-state index contributed by atoms with van der Waals surface area (Å²) in [5.74, 6) is 4.10. The molecule has 2 aliphatic rings. The molecule has 1 saturated heterocycles. The monoisotopic (exact) mass is 291 g/mol. The number of carbonyl (C=O) groups is 1. The molecule has 1 aliphatic heterocycles. The molecule has 1 unspecified atom stereocenters. The highest BCUT2D eigenvalue weighted by molar-refractivity contribution is 5.76. The first-order valence-electron chi connectivity index (χ1n) is 8.58. The normalized spacial score (nSPS) is 23.8. The number of likely N-dealkylation sites (tertiary alicyclic amines) is 1. The van der Waals surface area contributed by atoms with Crippen LogP contribution >= 0.6 is 0 Å².